The molecule has 5 heteroatoms. The second kappa shape index (κ2) is 10.9. The lowest BCUT2D eigenvalue weighted by atomic mass is 9.81. The average Bonchev–Trinajstić information content (AvgIpc) is 3.61. The summed E-state index contributed by atoms with van der Waals surface area (Å²) in [4.78, 5) is 5.14. The Kier molecular flexibility index (Phi) is 6.96. The Morgan fingerprint density at radius 2 is 0.762 bits per heavy atom. The molecular weight excluding hydrogens is 518 g/mol. The quantitative estimate of drug-likeness (QED) is 0.238. The van der Waals surface area contributed by atoms with E-state index in [2.05, 4.69) is 122 Å². The summed E-state index contributed by atoms with van der Waals surface area (Å²) >= 11 is 0. The van der Waals surface area contributed by atoms with E-state index in [1.54, 1.807) is 0 Å². The summed E-state index contributed by atoms with van der Waals surface area (Å²) in [5.74, 6) is 0. The Bertz CT molecular complexity index is 1430. The molecule has 4 aromatic carbocycles. The van der Waals surface area contributed by atoms with Crippen molar-refractivity contribution in [2.45, 2.75) is 49.6 Å². The molecule has 0 saturated carbocycles. The molecule has 2 aliphatic heterocycles. The van der Waals surface area contributed by atoms with Gasteiger partial charge < -0.3 is 9.47 Å². The number of hydrogen-bond donors (Lipinski definition) is 2. The topological polar surface area (TPSA) is 55.4 Å². The molecule has 1 aromatic heterocycles. The van der Waals surface area contributed by atoms with E-state index in [0.717, 1.165) is 33.6 Å². The highest BCUT2D eigenvalue weighted by atomic mass is 16.5. The van der Waals surface area contributed by atoms with E-state index in [4.69, 9.17) is 14.5 Å². The number of rotatable bonds is 6. The third-order valence-electron chi connectivity index (χ3n) is 8.77. The van der Waals surface area contributed by atoms with Crippen LogP contribution in [-0.4, -0.2) is 17.1 Å². The minimum absolute atomic E-state index is 0.00226. The fourth-order valence-corrected chi connectivity index (χ4v) is 6.73. The zero-order valence-corrected chi connectivity index (χ0v) is 23.9. The van der Waals surface area contributed by atoms with Crippen LogP contribution in [0.4, 0.5) is 0 Å². The zero-order valence-electron chi connectivity index (χ0n) is 23.9. The molecule has 4 atom stereocenters. The maximum atomic E-state index is 7.00. The number of nitrogens with one attached hydrogen (secondary N) is 2. The minimum Gasteiger partial charge on any atom is -0.340 e. The van der Waals surface area contributed by atoms with Crippen LogP contribution in [0.5, 0.6) is 0 Å². The SMILES string of the molecule is CC1NC(c2cccc(C3NC(C)C(c4ccccc4)(c4ccccc4)O3)n2)OC1(c1ccccc1)c1ccccc1. The van der Waals surface area contributed by atoms with Gasteiger partial charge in [0.2, 0.25) is 0 Å². The summed E-state index contributed by atoms with van der Waals surface area (Å²) < 4.78 is 14.0. The van der Waals surface area contributed by atoms with Gasteiger partial charge in [-0.15, -0.1) is 0 Å². The first-order valence-electron chi connectivity index (χ1n) is 14.7. The number of hydrogen-bond acceptors (Lipinski definition) is 5. The summed E-state index contributed by atoms with van der Waals surface area (Å²) in [5, 5.41) is 7.41. The van der Waals surface area contributed by atoms with E-state index in [1.165, 1.54) is 0 Å². The molecule has 2 fully saturated rings. The summed E-state index contributed by atoms with van der Waals surface area (Å²) in [6, 6.07) is 47.9. The number of nitrogens with zero attached hydrogens (tertiary/aromatic N) is 1. The highest BCUT2D eigenvalue weighted by Crippen LogP contribution is 2.47. The lowest BCUT2D eigenvalue weighted by Crippen LogP contribution is -2.40. The normalized spacial score (nSPS) is 24.4. The zero-order chi connectivity index (χ0) is 28.6. The molecule has 5 nitrogen and oxygen atoms in total. The third-order valence-corrected chi connectivity index (χ3v) is 8.77. The van der Waals surface area contributed by atoms with E-state index < -0.39 is 23.7 Å². The van der Waals surface area contributed by atoms with Crippen LogP contribution < -0.4 is 10.6 Å². The van der Waals surface area contributed by atoms with E-state index in [0.29, 0.717) is 0 Å². The molecule has 5 aromatic rings. The second-order valence-corrected chi connectivity index (χ2v) is 11.2. The predicted octanol–water partition coefficient (Wildman–Crippen LogP) is 6.98. The Hall–Kier alpha value is -4.13. The van der Waals surface area contributed by atoms with Gasteiger partial charge in [0.15, 0.2) is 12.5 Å². The fraction of sp³-hybridized carbons (Fsp3) is 0.216. The van der Waals surface area contributed by atoms with Gasteiger partial charge in [0.1, 0.15) is 11.2 Å². The van der Waals surface area contributed by atoms with Gasteiger partial charge in [-0.05, 0) is 48.2 Å². The van der Waals surface area contributed by atoms with Crippen LogP contribution in [0.2, 0.25) is 0 Å². The molecule has 2 N–H and O–H groups in total. The first-order valence-corrected chi connectivity index (χ1v) is 14.7. The Morgan fingerprint density at radius 3 is 1.07 bits per heavy atom. The van der Waals surface area contributed by atoms with Crippen LogP contribution in [0, 0.1) is 0 Å². The van der Waals surface area contributed by atoms with Crippen molar-refractivity contribution in [1.82, 2.24) is 15.6 Å². The van der Waals surface area contributed by atoms with E-state index in [1.807, 2.05) is 42.5 Å². The largest absolute Gasteiger partial charge is 0.340 e. The smallest absolute Gasteiger partial charge is 0.153 e. The van der Waals surface area contributed by atoms with Gasteiger partial charge in [-0.25, -0.2) is 4.98 Å². The van der Waals surface area contributed by atoms with Crippen LogP contribution in [0.1, 0.15) is 59.9 Å². The van der Waals surface area contributed by atoms with Crippen molar-refractivity contribution in [3.63, 3.8) is 0 Å². The molecule has 3 heterocycles. The van der Waals surface area contributed by atoms with Crippen molar-refractivity contribution < 1.29 is 9.47 Å². The molecular formula is C37H35N3O2. The molecule has 0 radical (unpaired) electrons. The molecule has 7 rings (SSSR count). The van der Waals surface area contributed by atoms with Gasteiger partial charge in [-0.1, -0.05) is 127 Å². The molecule has 2 aliphatic rings. The number of aromatic nitrogens is 1. The van der Waals surface area contributed by atoms with Crippen LogP contribution in [0.3, 0.4) is 0 Å². The molecule has 4 unspecified atom stereocenters. The van der Waals surface area contributed by atoms with Crippen LogP contribution in [-0.2, 0) is 20.7 Å². The summed E-state index contributed by atoms with van der Waals surface area (Å²) in [7, 11) is 0. The monoisotopic (exact) mass is 553 g/mol. The van der Waals surface area contributed by atoms with Gasteiger partial charge in [0.05, 0.1) is 11.4 Å². The first kappa shape index (κ1) is 26.7. The molecule has 2 saturated heterocycles. The lowest BCUT2D eigenvalue weighted by Gasteiger charge is -2.33. The first-order chi connectivity index (χ1) is 20.6. The maximum Gasteiger partial charge on any atom is 0.153 e. The van der Waals surface area contributed by atoms with E-state index in [9.17, 15) is 0 Å². The number of pyridine rings is 1. The van der Waals surface area contributed by atoms with Crippen molar-refractivity contribution in [3.8, 4) is 0 Å². The standard InChI is InChI=1S/C37H35N3O2/c1-26-36(28-16-7-3-8-17-28,29-18-9-4-10-19-29)41-34(38-26)32-24-15-25-33(40-32)35-39-27(2)37(42-35,30-20-11-5-12-21-30)31-22-13-6-14-23-31/h3-27,34-35,38-39H,1-2H3. The van der Waals surface area contributed by atoms with Crippen molar-refractivity contribution in [2.24, 2.45) is 0 Å². The van der Waals surface area contributed by atoms with Crippen LogP contribution in [0.15, 0.2) is 140 Å². The Morgan fingerprint density at radius 1 is 0.452 bits per heavy atom. The van der Waals surface area contributed by atoms with Crippen molar-refractivity contribution in [2.75, 3.05) is 0 Å². The fourth-order valence-electron chi connectivity index (χ4n) is 6.73. The Balaban J connectivity index is 1.23. The summed E-state index contributed by atoms with van der Waals surface area (Å²) in [6.45, 7) is 4.36. The van der Waals surface area contributed by atoms with E-state index >= 15 is 0 Å². The van der Waals surface area contributed by atoms with Crippen molar-refractivity contribution in [3.05, 3.63) is 173 Å². The second-order valence-electron chi connectivity index (χ2n) is 11.2. The molecule has 0 amide bonds. The molecule has 0 aliphatic carbocycles. The van der Waals surface area contributed by atoms with Gasteiger partial charge in [0, 0.05) is 12.1 Å². The number of benzene rings is 4. The Labute approximate surface area is 247 Å². The van der Waals surface area contributed by atoms with Gasteiger partial charge in [0.25, 0.3) is 0 Å². The minimum atomic E-state index is -0.655. The third kappa shape index (κ3) is 4.37. The highest BCUT2D eigenvalue weighted by Gasteiger charge is 2.51. The van der Waals surface area contributed by atoms with Crippen LogP contribution >= 0.6 is 0 Å². The average molecular weight is 554 g/mol. The van der Waals surface area contributed by atoms with Gasteiger partial charge in [-0.3, -0.25) is 10.6 Å². The number of ether oxygens (including phenoxy) is 2. The van der Waals surface area contributed by atoms with Gasteiger partial charge >= 0.3 is 0 Å². The summed E-state index contributed by atoms with van der Waals surface area (Å²) in [5.41, 5.74) is 4.78. The predicted molar refractivity (Wildman–Crippen MR) is 164 cm³/mol. The maximum absolute atomic E-state index is 7.00. The molecule has 210 valence electrons. The molecule has 0 spiro atoms. The van der Waals surface area contributed by atoms with Crippen molar-refractivity contribution >= 4 is 0 Å². The van der Waals surface area contributed by atoms with E-state index in [-0.39, 0.29) is 12.1 Å². The van der Waals surface area contributed by atoms with Crippen molar-refractivity contribution in [1.29, 1.82) is 0 Å². The van der Waals surface area contributed by atoms with Crippen LogP contribution in [0.25, 0.3) is 0 Å². The van der Waals surface area contributed by atoms with Gasteiger partial charge in [-0.2, -0.15) is 0 Å². The highest BCUT2D eigenvalue weighted by molar-refractivity contribution is 5.42. The molecule has 0 bridgehead atoms. The lowest BCUT2D eigenvalue weighted by molar-refractivity contribution is -0.0308. The summed E-state index contributed by atoms with van der Waals surface area (Å²) in [6.07, 6.45) is -0.792. The molecule has 42 heavy (non-hydrogen) atoms.